The second-order valence-corrected chi connectivity index (χ2v) is 5.31. The Morgan fingerprint density at radius 1 is 1.69 bits per heavy atom. The predicted octanol–water partition coefficient (Wildman–Crippen LogP) is 2.44. The molecule has 2 aliphatic rings. The summed E-state index contributed by atoms with van der Waals surface area (Å²) >= 11 is 0. The van der Waals surface area contributed by atoms with Crippen LogP contribution < -0.4 is 0 Å². The number of ether oxygens (including phenoxy) is 1. The van der Waals surface area contributed by atoms with Gasteiger partial charge < -0.3 is 4.74 Å². The van der Waals surface area contributed by atoms with Gasteiger partial charge in [-0.05, 0) is 26.7 Å². The van der Waals surface area contributed by atoms with E-state index in [0.717, 1.165) is 12.8 Å². The zero-order chi connectivity index (χ0) is 12.0. The van der Waals surface area contributed by atoms with Crippen molar-refractivity contribution in [2.75, 3.05) is 6.61 Å². The Kier molecular flexibility index (Phi) is 2.34. The first-order chi connectivity index (χ1) is 7.49. The maximum absolute atomic E-state index is 11.6. The van der Waals surface area contributed by atoms with E-state index in [9.17, 15) is 10.1 Å². The number of allylic oxidation sites excluding steroid dienone is 2. The second kappa shape index (κ2) is 3.35. The summed E-state index contributed by atoms with van der Waals surface area (Å²) in [5.41, 5.74) is 0.286. The fourth-order valence-corrected chi connectivity index (χ4v) is 3.02. The van der Waals surface area contributed by atoms with Gasteiger partial charge in [0.05, 0.1) is 12.7 Å². The van der Waals surface area contributed by atoms with E-state index in [1.165, 1.54) is 5.57 Å². The molecule has 2 rings (SSSR count). The van der Waals surface area contributed by atoms with Gasteiger partial charge in [-0.3, -0.25) is 4.79 Å². The number of rotatable bonds is 3. The first kappa shape index (κ1) is 11.2. The van der Waals surface area contributed by atoms with E-state index in [0.29, 0.717) is 6.61 Å². The maximum atomic E-state index is 11.6. The van der Waals surface area contributed by atoms with Gasteiger partial charge in [-0.2, -0.15) is 5.26 Å². The lowest BCUT2D eigenvalue weighted by atomic mass is 9.90. The average molecular weight is 219 g/mol. The van der Waals surface area contributed by atoms with Gasteiger partial charge in [0.2, 0.25) is 0 Å². The lowest BCUT2D eigenvalue weighted by Gasteiger charge is -2.15. The smallest absolute Gasteiger partial charge is 0.327 e. The molecule has 1 saturated heterocycles. The van der Waals surface area contributed by atoms with Crippen molar-refractivity contribution >= 4 is 5.97 Å². The summed E-state index contributed by atoms with van der Waals surface area (Å²) in [7, 11) is 0. The molecule has 0 spiro atoms. The van der Waals surface area contributed by atoms with E-state index in [1.807, 2.05) is 6.92 Å². The van der Waals surface area contributed by atoms with Crippen LogP contribution >= 0.6 is 0 Å². The van der Waals surface area contributed by atoms with Crippen LogP contribution in [0.2, 0.25) is 0 Å². The summed E-state index contributed by atoms with van der Waals surface area (Å²) in [5.74, 6) is -0.192. The number of carbonyl (C=O) groups is 1. The van der Waals surface area contributed by atoms with Crippen LogP contribution in [0.3, 0.4) is 0 Å². The Morgan fingerprint density at radius 2 is 2.38 bits per heavy atom. The molecular formula is C13H17NO2. The molecule has 16 heavy (non-hydrogen) atoms. The summed E-state index contributed by atoms with van der Waals surface area (Å²) in [5, 5.41) is 9.22. The summed E-state index contributed by atoms with van der Waals surface area (Å²) in [4.78, 5) is 11.6. The van der Waals surface area contributed by atoms with Crippen LogP contribution in [0, 0.1) is 28.1 Å². The second-order valence-electron chi connectivity index (χ2n) is 5.31. The molecule has 0 amide bonds. The minimum Gasteiger partial charge on any atom is -0.464 e. The minimum absolute atomic E-state index is 0.114. The van der Waals surface area contributed by atoms with Crippen molar-refractivity contribution in [2.24, 2.45) is 16.7 Å². The van der Waals surface area contributed by atoms with Gasteiger partial charge in [-0.15, -0.1) is 0 Å². The van der Waals surface area contributed by atoms with Gasteiger partial charge >= 0.3 is 5.97 Å². The average Bonchev–Trinajstić information content (AvgIpc) is 2.54. The molecule has 3 atom stereocenters. The van der Waals surface area contributed by atoms with Gasteiger partial charge in [0.15, 0.2) is 5.41 Å². The van der Waals surface area contributed by atoms with Crippen molar-refractivity contribution < 1.29 is 9.53 Å². The first-order valence-electron chi connectivity index (χ1n) is 5.71. The Balaban J connectivity index is 2.10. The van der Waals surface area contributed by atoms with Crippen molar-refractivity contribution in [3.8, 4) is 6.07 Å². The van der Waals surface area contributed by atoms with Gasteiger partial charge in [-0.1, -0.05) is 18.6 Å². The molecule has 0 aromatic heterocycles. The van der Waals surface area contributed by atoms with Crippen LogP contribution in [0.15, 0.2) is 11.6 Å². The van der Waals surface area contributed by atoms with Crippen molar-refractivity contribution in [2.45, 2.75) is 33.6 Å². The highest BCUT2D eigenvalue weighted by atomic mass is 16.5. The molecule has 2 fully saturated rings. The van der Waals surface area contributed by atoms with E-state index in [4.69, 9.17) is 4.74 Å². The zero-order valence-corrected chi connectivity index (χ0v) is 10.0. The molecular weight excluding hydrogens is 202 g/mol. The monoisotopic (exact) mass is 219 g/mol. The zero-order valence-electron chi connectivity index (χ0n) is 10.0. The quantitative estimate of drug-likeness (QED) is 0.541. The number of nitrogens with zero attached hydrogens (tertiary/aromatic N) is 1. The molecule has 3 nitrogen and oxygen atoms in total. The predicted molar refractivity (Wildman–Crippen MR) is 59.3 cm³/mol. The van der Waals surface area contributed by atoms with Crippen LogP contribution in [0.25, 0.3) is 0 Å². The van der Waals surface area contributed by atoms with Crippen LogP contribution in [0.5, 0.6) is 0 Å². The fourth-order valence-electron chi connectivity index (χ4n) is 3.02. The third-order valence-electron chi connectivity index (χ3n) is 4.20. The number of carbonyl (C=O) groups excluding carboxylic acids is 1. The van der Waals surface area contributed by atoms with Crippen LogP contribution in [-0.2, 0) is 9.53 Å². The van der Waals surface area contributed by atoms with Crippen LogP contribution in [-0.4, -0.2) is 12.6 Å². The first-order valence-corrected chi connectivity index (χ1v) is 5.71. The molecule has 1 unspecified atom stereocenters. The van der Waals surface area contributed by atoms with Gasteiger partial charge in [0, 0.05) is 11.3 Å². The molecule has 86 valence electrons. The molecule has 0 aromatic rings. The van der Waals surface area contributed by atoms with E-state index in [-0.39, 0.29) is 17.3 Å². The number of fused-ring (bicyclic) bond motifs is 1. The van der Waals surface area contributed by atoms with E-state index >= 15 is 0 Å². The van der Waals surface area contributed by atoms with E-state index < -0.39 is 5.41 Å². The molecule has 0 aromatic carbocycles. The summed E-state index contributed by atoms with van der Waals surface area (Å²) in [6.07, 6.45) is 3.99. The number of esters is 1. The van der Waals surface area contributed by atoms with Crippen molar-refractivity contribution in [3.63, 3.8) is 0 Å². The number of nitriles is 1. The number of cyclic esters (lactones) is 1. The van der Waals surface area contributed by atoms with E-state index in [1.54, 1.807) is 0 Å². The number of hydrogen-bond donors (Lipinski definition) is 0. The third kappa shape index (κ3) is 1.16. The highest BCUT2D eigenvalue weighted by Crippen LogP contribution is 2.74. The number of hydrogen-bond acceptors (Lipinski definition) is 3. The Hall–Kier alpha value is -1.30. The molecule has 1 aliphatic heterocycles. The third-order valence-corrected chi connectivity index (χ3v) is 4.20. The summed E-state index contributed by atoms with van der Waals surface area (Å²) in [6, 6.07) is 2.20. The molecule has 0 N–H and O–H groups in total. The largest absolute Gasteiger partial charge is 0.464 e. The molecule has 1 saturated carbocycles. The lowest BCUT2D eigenvalue weighted by Crippen LogP contribution is -2.21. The Bertz CT molecular complexity index is 403. The molecule has 0 bridgehead atoms. The van der Waals surface area contributed by atoms with Gasteiger partial charge in [-0.25, -0.2) is 0 Å². The minimum atomic E-state index is -0.831. The molecule has 3 heteroatoms. The highest BCUT2D eigenvalue weighted by Gasteiger charge is 2.82. The summed E-state index contributed by atoms with van der Waals surface area (Å²) in [6.45, 7) is 6.59. The van der Waals surface area contributed by atoms with Crippen LogP contribution in [0.4, 0.5) is 0 Å². The molecule has 0 radical (unpaired) electrons. The molecule has 1 heterocycles. The van der Waals surface area contributed by atoms with Crippen molar-refractivity contribution in [1.82, 2.24) is 0 Å². The SMILES string of the molecule is CC(C)=CCCC1(C)[C@@H]2COC(=O)[C@@]21C#N. The summed E-state index contributed by atoms with van der Waals surface area (Å²) < 4.78 is 4.96. The van der Waals surface area contributed by atoms with Gasteiger partial charge in [0.1, 0.15) is 0 Å². The highest BCUT2D eigenvalue weighted by molar-refractivity contribution is 5.88. The van der Waals surface area contributed by atoms with Crippen molar-refractivity contribution in [1.29, 1.82) is 5.26 Å². The van der Waals surface area contributed by atoms with Crippen molar-refractivity contribution in [3.05, 3.63) is 11.6 Å². The normalized spacial score (nSPS) is 39.6. The standard InChI is InChI=1S/C13H17NO2/c1-9(2)5-4-6-12(3)10-7-16-11(15)13(10,12)8-14/h5,10H,4,6-7H2,1-3H3/t10-,12?,13+/m0/s1. The fraction of sp³-hybridized carbons (Fsp3) is 0.692. The molecule has 1 aliphatic carbocycles. The van der Waals surface area contributed by atoms with Crippen LogP contribution in [0.1, 0.15) is 33.6 Å². The van der Waals surface area contributed by atoms with Gasteiger partial charge in [0.25, 0.3) is 0 Å². The van der Waals surface area contributed by atoms with E-state index in [2.05, 4.69) is 26.0 Å². The lowest BCUT2D eigenvalue weighted by molar-refractivity contribution is -0.145. The maximum Gasteiger partial charge on any atom is 0.327 e. The Labute approximate surface area is 96.1 Å². The Morgan fingerprint density at radius 3 is 2.88 bits per heavy atom. The topological polar surface area (TPSA) is 50.1 Å².